The predicted molar refractivity (Wildman–Crippen MR) is 80.0 cm³/mol. The van der Waals surface area contributed by atoms with Crippen molar-refractivity contribution in [3.8, 4) is 0 Å². The predicted octanol–water partition coefficient (Wildman–Crippen LogP) is 1.24. The molecule has 1 aromatic carbocycles. The molecule has 0 unspecified atom stereocenters. The van der Waals surface area contributed by atoms with E-state index in [2.05, 4.69) is 5.32 Å². The van der Waals surface area contributed by atoms with Gasteiger partial charge in [0.2, 0.25) is 0 Å². The molecular weight excluding hydrogens is 284 g/mol. The van der Waals surface area contributed by atoms with Crippen LogP contribution in [0, 0.1) is 0 Å². The molecule has 22 heavy (non-hydrogen) atoms. The Bertz CT molecular complexity index is 697. The topological polar surface area (TPSA) is 67.9 Å². The molecule has 0 saturated heterocycles. The molecule has 0 radical (unpaired) electrons. The second-order valence-corrected chi connectivity index (χ2v) is 5.61. The van der Waals surface area contributed by atoms with Gasteiger partial charge in [-0.3, -0.25) is 0 Å². The van der Waals surface area contributed by atoms with Crippen molar-refractivity contribution in [3.05, 3.63) is 41.1 Å². The van der Waals surface area contributed by atoms with Crippen LogP contribution in [0.5, 0.6) is 0 Å². The molecule has 6 nitrogen and oxygen atoms in total. The monoisotopic (exact) mass is 302 g/mol. The summed E-state index contributed by atoms with van der Waals surface area (Å²) in [5.74, 6) is -1.06. The summed E-state index contributed by atoms with van der Waals surface area (Å²) >= 11 is 0. The van der Waals surface area contributed by atoms with Gasteiger partial charge in [0.1, 0.15) is 11.9 Å². The summed E-state index contributed by atoms with van der Waals surface area (Å²) in [7, 11) is 4.38. The van der Waals surface area contributed by atoms with Crippen LogP contribution in [0.15, 0.2) is 35.5 Å². The highest BCUT2D eigenvalue weighted by atomic mass is 16.5. The van der Waals surface area contributed by atoms with E-state index >= 15 is 0 Å². The maximum atomic E-state index is 12.4. The lowest BCUT2D eigenvalue weighted by molar-refractivity contribution is -0.140. The first-order chi connectivity index (χ1) is 10.5. The van der Waals surface area contributed by atoms with E-state index in [0.29, 0.717) is 5.57 Å². The summed E-state index contributed by atoms with van der Waals surface area (Å²) in [6.45, 7) is 1.94. The fourth-order valence-corrected chi connectivity index (χ4v) is 3.56. The number of para-hydroxylation sites is 1. The Morgan fingerprint density at radius 1 is 1.18 bits per heavy atom. The molecule has 3 rings (SSSR count). The number of fused-ring (bicyclic) bond motifs is 3. The number of carbonyl (C=O) groups is 2. The Balaban J connectivity index is 2.27. The average molecular weight is 302 g/mol. The van der Waals surface area contributed by atoms with Crippen LogP contribution in [0.2, 0.25) is 0 Å². The van der Waals surface area contributed by atoms with Gasteiger partial charge >= 0.3 is 11.9 Å². The maximum Gasteiger partial charge on any atom is 0.354 e. The number of carbonyl (C=O) groups excluding carboxylic acids is 2. The number of anilines is 1. The normalized spacial score (nSPS) is 25.5. The van der Waals surface area contributed by atoms with Crippen molar-refractivity contribution in [1.82, 2.24) is 4.90 Å². The van der Waals surface area contributed by atoms with Gasteiger partial charge in [-0.2, -0.15) is 0 Å². The highest BCUT2D eigenvalue weighted by Gasteiger charge is 2.58. The van der Waals surface area contributed by atoms with Crippen LogP contribution in [0.3, 0.4) is 0 Å². The smallest absolute Gasteiger partial charge is 0.354 e. The van der Waals surface area contributed by atoms with Gasteiger partial charge in [-0.05, 0) is 18.6 Å². The zero-order valence-electron chi connectivity index (χ0n) is 13.0. The summed E-state index contributed by atoms with van der Waals surface area (Å²) in [4.78, 5) is 26.3. The van der Waals surface area contributed by atoms with Gasteiger partial charge in [-0.25, -0.2) is 9.59 Å². The third-order valence-electron chi connectivity index (χ3n) is 4.59. The molecule has 1 N–H and O–H groups in total. The van der Waals surface area contributed by atoms with Gasteiger partial charge in [0.25, 0.3) is 0 Å². The van der Waals surface area contributed by atoms with Crippen LogP contribution in [0.4, 0.5) is 5.69 Å². The Hall–Kier alpha value is -2.50. The Labute approximate surface area is 128 Å². The molecule has 1 aromatic rings. The molecule has 0 fully saturated rings. The molecule has 2 atom stereocenters. The number of likely N-dealkylation sites (N-methyl/N-ethyl adjacent to an activating group) is 1. The maximum absolute atomic E-state index is 12.4. The molecule has 116 valence electrons. The standard InChI is InChI=1S/C16H18N2O4/c1-16-9-7-5-6-8-10(9)17-15(16)18(2)12(14(20)22-4)11(16)13(19)21-3/h5-8,15,17H,1-4H3/t15-,16+/m0/s1. The zero-order valence-corrected chi connectivity index (χ0v) is 13.0. The van der Waals surface area contributed by atoms with Crippen molar-refractivity contribution >= 4 is 17.6 Å². The van der Waals surface area contributed by atoms with Crippen LogP contribution in [0.1, 0.15) is 12.5 Å². The molecule has 2 aliphatic rings. The van der Waals surface area contributed by atoms with Gasteiger partial charge in [0.15, 0.2) is 0 Å². The van der Waals surface area contributed by atoms with E-state index in [1.54, 1.807) is 11.9 Å². The van der Waals surface area contributed by atoms with Crippen molar-refractivity contribution in [3.63, 3.8) is 0 Å². The molecule has 6 heteroatoms. The number of esters is 2. The van der Waals surface area contributed by atoms with E-state index in [9.17, 15) is 9.59 Å². The van der Waals surface area contributed by atoms with E-state index in [4.69, 9.17) is 9.47 Å². The van der Waals surface area contributed by atoms with Crippen molar-refractivity contribution < 1.29 is 19.1 Å². The SMILES string of the molecule is COC(=O)C1=C(C(=O)OC)[C@@]2(C)c3ccccc3N[C@H]2N1C. The first-order valence-electron chi connectivity index (χ1n) is 6.97. The van der Waals surface area contributed by atoms with Gasteiger partial charge in [0.05, 0.1) is 25.2 Å². The summed E-state index contributed by atoms with van der Waals surface area (Å²) in [6.07, 6.45) is -0.243. The molecule has 2 aliphatic heterocycles. The molecule has 0 aromatic heterocycles. The zero-order chi connectivity index (χ0) is 16.1. The van der Waals surface area contributed by atoms with Crippen LogP contribution >= 0.6 is 0 Å². The minimum atomic E-state index is -0.679. The summed E-state index contributed by atoms with van der Waals surface area (Å²) in [5, 5.41) is 3.37. The second kappa shape index (κ2) is 4.76. The number of nitrogens with zero attached hydrogens (tertiary/aromatic N) is 1. The van der Waals surface area contributed by atoms with Crippen molar-refractivity contribution in [2.24, 2.45) is 0 Å². The van der Waals surface area contributed by atoms with Crippen LogP contribution in [-0.2, 0) is 24.5 Å². The summed E-state index contributed by atoms with van der Waals surface area (Å²) in [6, 6.07) is 7.76. The first kappa shape index (κ1) is 14.4. The van der Waals surface area contributed by atoms with Crippen molar-refractivity contribution in [1.29, 1.82) is 0 Å². The Morgan fingerprint density at radius 3 is 2.45 bits per heavy atom. The molecular formula is C16H18N2O4. The molecule has 2 heterocycles. The quantitative estimate of drug-likeness (QED) is 0.829. The lowest BCUT2D eigenvalue weighted by Crippen LogP contribution is -2.43. The third-order valence-corrected chi connectivity index (χ3v) is 4.59. The third kappa shape index (κ3) is 1.60. The number of hydrogen-bond donors (Lipinski definition) is 1. The molecule has 0 spiro atoms. The fraction of sp³-hybridized carbons (Fsp3) is 0.375. The number of hydrogen-bond acceptors (Lipinski definition) is 6. The number of rotatable bonds is 2. The highest BCUT2D eigenvalue weighted by molar-refractivity contribution is 6.04. The Morgan fingerprint density at radius 2 is 1.82 bits per heavy atom. The molecule has 0 aliphatic carbocycles. The molecule has 0 amide bonds. The van der Waals surface area contributed by atoms with Crippen molar-refractivity contribution in [2.45, 2.75) is 18.5 Å². The number of ether oxygens (including phenoxy) is 2. The van der Waals surface area contributed by atoms with Gasteiger partial charge in [-0.1, -0.05) is 18.2 Å². The molecule has 0 saturated carbocycles. The Kier molecular flexibility index (Phi) is 3.12. The summed E-state index contributed by atoms with van der Waals surface area (Å²) < 4.78 is 9.79. The number of benzene rings is 1. The van der Waals surface area contributed by atoms with Crippen LogP contribution < -0.4 is 5.32 Å². The van der Waals surface area contributed by atoms with Crippen molar-refractivity contribution in [2.75, 3.05) is 26.6 Å². The number of methoxy groups -OCH3 is 2. The number of nitrogens with one attached hydrogen (secondary N) is 1. The largest absolute Gasteiger partial charge is 0.466 e. The first-order valence-corrected chi connectivity index (χ1v) is 6.97. The van der Waals surface area contributed by atoms with Gasteiger partial charge in [0, 0.05) is 12.7 Å². The second-order valence-electron chi connectivity index (χ2n) is 5.61. The minimum Gasteiger partial charge on any atom is -0.466 e. The highest BCUT2D eigenvalue weighted by Crippen LogP contribution is 2.52. The van der Waals surface area contributed by atoms with E-state index < -0.39 is 17.4 Å². The average Bonchev–Trinajstić information content (AvgIpc) is 2.95. The van der Waals surface area contributed by atoms with Crippen LogP contribution in [-0.4, -0.2) is 44.3 Å². The lowest BCUT2D eigenvalue weighted by Gasteiger charge is -2.30. The van der Waals surface area contributed by atoms with E-state index in [1.165, 1.54) is 14.2 Å². The van der Waals surface area contributed by atoms with Gasteiger partial charge < -0.3 is 19.7 Å². The van der Waals surface area contributed by atoms with E-state index in [-0.39, 0.29) is 11.9 Å². The fourth-order valence-electron chi connectivity index (χ4n) is 3.56. The lowest BCUT2D eigenvalue weighted by atomic mass is 9.76. The molecule has 0 bridgehead atoms. The van der Waals surface area contributed by atoms with E-state index in [1.807, 2.05) is 31.2 Å². The van der Waals surface area contributed by atoms with Crippen LogP contribution in [0.25, 0.3) is 0 Å². The summed E-state index contributed by atoms with van der Waals surface area (Å²) in [5.41, 5.74) is 1.80. The minimum absolute atomic E-state index is 0.240. The van der Waals surface area contributed by atoms with E-state index in [0.717, 1.165) is 11.3 Å². The van der Waals surface area contributed by atoms with Gasteiger partial charge in [-0.15, -0.1) is 0 Å².